The summed E-state index contributed by atoms with van der Waals surface area (Å²) in [6, 6.07) is 17.8. The maximum atomic E-state index is 9.90. The molecule has 0 heterocycles. The Balaban J connectivity index is 0.00000312. The van der Waals surface area contributed by atoms with Crippen molar-refractivity contribution in [3.63, 3.8) is 0 Å². The van der Waals surface area contributed by atoms with Gasteiger partial charge in [-0.05, 0) is 58.8 Å². The van der Waals surface area contributed by atoms with Crippen LogP contribution in [0.4, 0.5) is 0 Å². The summed E-state index contributed by atoms with van der Waals surface area (Å²) in [7, 11) is 0. The maximum absolute atomic E-state index is 9.90. The van der Waals surface area contributed by atoms with E-state index in [1.807, 2.05) is 42.5 Å². The van der Waals surface area contributed by atoms with Gasteiger partial charge in [0, 0.05) is 10.1 Å². The van der Waals surface area contributed by atoms with E-state index in [1.54, 1.807) is 0 Å². The van der Waals surface area contributed by atoms with Gasteiger partial charge in [-0.1, -0.05) is 30.3 Å². The minimum Gasteiger partial charge on any atom is -0.491 e. The van der Waals surface area contributed by atoms with E-state index >= 15 is 0 Å². The molecule has 0 radical (unpaired) electrons. The van der Waals surface area contributed by atoms with Crippen LogP contribution < -0.4 is 15.8 Å². The number of nitrogens with one attached hydrogen (secondary N) is 1. The van der Waals surface area contributed by atoms with Gasteiger partial charge in [-0.2, -0.15) is 0 Å². The molecule has 0 bridgehead atoms. The van der Waals surface area contributed by atoms with Crippen molar-refractivity contribution in [1.82, 2.24) is 5.32 Å². The van der Waals surface area contributed by atoms with Crippen LogP contribution in [0, 0.1) is 3.57 Å². The number of rotatable bonds is 8. The predicted octanol–water partition coefficient (Wildman–Crippen LogP) is 2.80. The fraction of sp³-hybridized carbons (Fsp3) is 0.278. The standard InChI is InChI=1S/C18H22IN3O2.HI/c19-15-6-8-17(9-7-15)24-13-16(23)12-22-18(20)21-11-10-14-4-2-1-3-5-14;/h1-9,16,23H,10-13H2,(H3,20,21,22);1H. The van der Waals surface area contributed by atoms with E-state index in [4.69, 9.17) is 10.5 Å². The van der Waals surface area contributed by atoms with Crippen molar-refractivity contribution in [2.45, 2.75) is 12.5 Å². The molecule has 0 saturated carbocycles. The second kappa shape index (κ2) is 12.3. The molecule has 0 amide bonds. The van der Waals surface area contributed by atoms with Crippen molar-refractivity contribution in [1.29, 1.82) is 0 Å². The number of hydrogen-bond donors (Lipinski definition) is 3. The molecule has 7 heteroatoms. The third-order valence-corrected chi connectivity index (χ3v) is 4.01. The highest BCUT2D eigenvalue weighted by molar-refractivity contribution is 14.1. The molecule has 4 N–H and O–H groups in total. The Morgan fingerprint density at radius 1 is 1.16 bits per heavy atom. The lowest BCUT2D eigenvalue weighted by molar-refractivity contribution is 0.114. The molecule has 2 rings (SSSR count). The molecular formula is C18H23I2N3O2. The lowest BCUT2D eigenvalue weighted by Crippen LogP contribution is -2.34. The van der Waals surface area contributed by atoms with E-state index in [1.165, 1.54) is 5.56 Å². The first-order valence-corrected chi connectivity index (χ1v) is 8.85. The monoisotopic (exact) mass is 567 g/mol. The highest BCUT2D eigenvalue weighted by Crippen LogP contribution is 2.13. The van der Waals surface area contributed by atoms with E-state index in [0.29, 0.717) is 12.5 Å². The normalized spacial score (nSPS) is 12.2. The molecule has 5 nitrogen and oxygen atoms in total. The first kappa shape index (κ1) is 22.0. The SMILES string of the molecule is I.NC(=NCC(O)COc1ccc(I)cc1)NCCc1ccccc1. The van der Waals surface area contributed by atoms with Crippen LogP contribution in [0.3, 0.4) is 0 Å². The van der Waals surface area contributed by atoms with Gasteiger partial charge in [0.05, 0.1) is 6.54 Å². The van der Waals surface area contributed by atoms with Crippen molar-refractivity contribution in [3.8, 4) is 5.75 Å². The lowest BCUT2D eigenvalue weighted by atomic mass is 10.1. The van der Waals surface area contributed by atoms with Gasteiger partial charge >= 0.3 is 0 Å². The van der Waals surface area contributed by atoms with Crippen molar-refractivity contribution < 1.29 is 9.84 Å². The van der Waals surface area contributed by atoms with Gasteiger partial charge in [0.15, 0.2) is 5.96 Å². The number of ether oxygens (including phenoxy) is 1. The molecule has 0 aliphatic rings. The van der Waals surface area contributed by atoms with Crippen LogP contribution in [0.15, 0.2) is 59.6 Å². The average molecular weight is 567 g/mol. The summed E-state index contributed by atoms with van der Waals surface area (Å²) in [4.78, 5) is 4.13. The number of aliphatic hydroxyl groups is 1. The van der Waals surface area contributed by atoms with Crippen LogP contribution in [0.25, 0.3) is 0 Å². The quantitative estimate of drug-likeness (QED) is 0.261. The molecule has 1 atom stereocenters. The molecular weight excluding hydrogens is 544 g/mol. The Kier molecular flexibility index (Phi) is 10.8. The van der Waals surface area contributed by atoms with E-state index in [-0.39, 0.29) is 37.1 Å². The molecule has 136 valence electrons. The van der Waals surface area contributed by atoms with Crippen molar-refractivity contribution >= 4 is 52.5 Å². The zero-order valence-electron chi connectivity index (χ0n) is 13.8. The summed E-state index contributed by atoms with van der Waals surface area (Å²) in [5.41, 5.74) is 7.04. The Morgan fingerprint density at radius 3 is 2.52 bits per heavy atom. The predicted molar refractivity (Wildman–Crippen MR) is 121 cm³/mol. The number of nitrogens with zero attached hydrogens (tertiary/aromatic N) is 1. The molecule has 0 spiro atoms. The summed E-state index contributed by atoms with van der Waals surface area (Å²) in [5.74, 6) is 1.06. The first-order chi connectivity index (χ1) is 11.6. The Hall–Kier alpha value is -1.07. The number of benzene rings is 2. The van der Waals surface area contributed by atoms with Crippen molar-refractivity contribution in [2.75, 3.05) is 19.7 Å². The second-order valence-electron chi connectivity index (χ2n) is 5.31. The van der Waals surface area contributed by atoms with Crippen molar-refractivity contribution in [3.05, 3.63) is 63.7 Å². The number of hydrogen-bond acceptors (Lipinski definition) is 3. The molecule has 1 unspecified atom stereocenters. The highest BCUT2D eigenvalue weighted by Gasteiger charge is 2.05. The van der Waals surface area contributed by atoms with E-state index in [0.717, 1.165) is 15.7 Å². The number of aliphatic hydroxyl groups excluding tert-OH is 1. The van der Waals surface area contributed by atoms with E-state index in [9.17, 15) is 5.11 Å². The molecule has 0 aliphatic heterocycles. The number of aliphatic imine (C=N–C) groups is 1. The van der Waals surface area contributed by atoms with Gasteiger partial charge in [-0.3, -0.25) is 4.99 Å². The largest absolute Gasteiger partial charge is 0.491 e. The fourth-order valence-corrected chi connectivity index (χ4v) is 2.37. The minimum absolute atomic E-state index is 0. The summed E-state index contributed by atoms with van der Waals surface area (Å²) in [5, 5.41) is 12.9. The smallest absolute Gasteiger partial charge is 0.188 e. The van der Waals surface area contributed by atoms with Crippen LogP contribution in [-0.4, -0.2) is 36.9 Å². The molecule has 2 aromatic carbocycles. The summed E-state index contributed by atoms with van der Waals surface area (Å²) in [6.45, 7) is 1.09. The highest BCUT2D eigenvalue weighted by atomic mass is 127. The van der Waals surface area contributed by atoms with Crippen LogP contribution in [0.2, 0.25) is 0 Å². The van der Waals surface area contributed by atoms with Gasteiger partial charge in [0.2, 0.25) is 0 Å². The molecule has 2 aromatic rings. The molecule has 0 aromatic heterocycles. The zero-order chi connectivity index (χ0) is 17.2. The van der Waals surface area contributed by atoms with Gasteiger partial charge in [-0.15, -0.1) is 24.0 Å². The van der Waals surface area contributed by atoms with E-state index < -0.39 is 6.10 Å². The second-order valence-corrected chi connectivity index (χ2v) is 6.55. The van der Waals surface area contributed by atoms with Gasteiger partial charge < -0.3 is 20.9 Å². The zero-order valence-corrected chi connectivity index (χ0v) is 18.3. The summed E-state index contributed by atoms with van der Waals surface area (Å²) >= 11 is 2.23. The minimum atomic E-state index is -0.696. The molecule has 25 heavy (non-hydrogen) atoms. The van der Waals surface area contributed by atoms with Crippen molar-refractivity contribution in [2.24, 2.45) is 10.7 Å². The third kappa shape index (κ3) is 9.26. The van der Waals surface area contributed by atoms with Crippen LogP contribution >= 0.6 is 46.6 Å². The third-order valence-electron chi connectivity index (χ3n) is 3.29. The molecule has 0 saturated heterocycles. The summed E-state index contributed by atoms with van der Waals surface area (Å²) < 4.78 is 6.65. The van der Waals surface area contributed by atoms with Crippen LogP contribution in [-0.2, 0) is 6.42 Å². The first-order valence-electron chi connectivity index (χ1n) is 7.77. The Morgan fingerprint density at radius 2 is 1.84 bits per heavy atom. The number of halogens is 2. The molecule has 0 fully saturated rings. The van der Waals surface area contributed by atoms with E-state index in [2.05, 4.69) is 45.0 Å². The lowest BCUT2D eigenvalue weighted by Gasteiger charge is -2.11. The van der Waals surface area contributed by atoms with Crippen LogP contribution in [0.1, 0.15) is 5.56 Å². The van der Waals surface area contributed by atoms with Gasteiger partial charge in [0.25, 0.3) is 0 Å². The maximum Gasteiger partial charge on any atom is 0.188 e. The topological polar surface area (TPSA) is 79.9 Å². The Labute approximate surface area is 179 Å². The molecule has 0 aliphatic carbocycles. The van der Waals surface area contributed by atoms with Gasteiger partial charge in [-0.25, -0.2) is 0 Å². The summed E-state index contributed by atoms with van der Waals surface area (Å²) in [6.07, 6.45) is 0.175. The number of guanidine groups is 1. The Bertz CT molecular complexity index is 637. The number of nitrogens with two attached hydrogens (primary N) is 1. The van der Waals surface area contributed by atoms with Crippen LogP contribution in [0.5, 0.6) is 5.75 Å². The van der Waals surface area contributed by atoms with Gasteiger partial charge in [0.1, 0.15) is 18.5 Å². The average Bonchev–Trinajstić information content (AvgIpc) is 2.60. The fourth-order valence-electron chi connectivity index (χ4n) is 2.02.